The van der Waals surface area contributed by atoms with Gasteiger partial charge in [0.25, 0.3) is 0 Å². The highest BCUT2D eigenvalue weighted by molar-refractivity contribution is 7.61. The molecule has 10 N–H and O–H groups in total. The fourth-order valence-corrected chi connectivity index (χ4v) is 6.91. The van der Waals surface area contributed by atoms with Crippen LogP contribution < -0.4 is 11.2 Å². The lowest BCUT2D eigenvalue weighted by molar-refractivity contribution is -0.0556. The van der Waals surface area contributed by atoms with Gasteiger partial charge in [-0.05, 0) is 0 Å². The van der Waals surface area contributed by atoms with E-state index in [2.05, 4.69) is 34.2 Å². The summed E-state index contributed by atoms with van der Waals surface area (Å²) in [6.45, 7) is -1.81. The van der Waals surface area contributed by atoms with Gasteiger partial charge in [-0.15, -0.1) is 0 Å². The lowest BCUT2D eigenvalue weighted by Crippen LogP contribution is -2.35. The van der Waals surface area contributed by atoms with Crippen molar-refractivity contribution in [1.29, 1.82) is 5.41 Å². The van der Waals surface area contributed by atoms with E-state index in [0.29, 0.717) is 0 Å². The number of ether oxygens (including phenoxy) is 2. The van der Waals surface area contributed by atoms with Crippen LogP contribution in [0.4, 0.5) is 5.82 Å². The molecule has 45 heavy (non-hydrogen) atoms. The standard InChI is InChI=1S/C20H26N10O13P2/c21-15-9-18(26-4-24-15)30(5-27-9)20-14(34)12(32)8(42-20)2-40-45(37,38)43-44(35,36)39-1-7-11(31)13(33)19(41-7)29-6-28-17-10(16(29)22)23-3-25-17/h3-8,11-14,19-20,22,31-34H,1-2H2,(H,23,25)(H,35,36)(H,37,38)(H2,21,24,26)/t7-,8+,11-,12+,13-,14+,19-,20+/m1/s1. The van der Waals surface area contributed by atoms with Crippen LogP contribution in [0.1, 0.15) is 12.5 Å². The normalized spacial score (nSPS) is 31.4. The van der Waals surface area contributed by atoms with Crippen LogP contribution in [-0.4, -0.2) is 119 Å². The summed E-state index contributed by atoms with van der Waals surface area (Å²) in [4.78, 5) is 42.6. The second-order valence-corrected chi connectivity index (χ2v) is 12.9. The Hall–Kier alpha value is -3.28. The third-order valence-electron chi connectivity index (χ3n) is 7.04. The molecule has 2 fully saturated rings. The number of fused-ring (bicyclic) bond motifs is 2. The van der Waals surface area contributed by atoms with Crippen molar-refractivity contribution >= 4 is 43.8 Å². The Labute approximate surface area is 249 Å². The highest BCUT2D eigenvalue weighted by Gasteiger charge is 2.48. The number of phosphoric acid groups is 2. The summed E-state index contributed by atoms with van der Waals surface area (Å²) < 4.78 is 52.0. The number of phosphoric ester groups is 2. The summed E-state index contributed by atoms with van der Waals surface area (Å²) in [6, 6.07) is 0. The molecule has 6 rings (SSSR count). The van der Waals surface area contributed by atoms with E-state index < -0.39 is 77.9 Å². The van der Waals surface area contributed by atoms with Gasteiger partial charge in [-0.1, -0.05) is 0 Å². The number of aliphatic hydroxyl groups excluding tert-OH is 4. The molecule has 2 aliphatic heterocycles. The summed E-state index contributed by atoms with van der Waals surface area (Å²) in [7, 11) is -10.8. The zero-order valence-electron chi connectivity index (χ0n) is 22.5. The van der Waals surface area contributed by atoms with Crippen molar-refractivity contribution in [2.45, 2.75) is 49.1 Å². The quantitative estimate of drug-likeness (QED) is 0.0763. The number of aliphatic hydroxyl groups is 4. The Morgan fingerprint density at radius 1 is 0.867 bits per heavy atom. The Balaban J connectivity index is 1.05. The van der Waals surface area contributed by atoms with Crippen molar-refractivity contribution in [1.82, 2.24) is 39.0 Å². The van der Waals surface area contributed by atoms with Crippen LogP contribution in [0.2, 0.25) is 0 Å². The van der Waals surface area contributed by atoms with E-state index >= 15 is 0 Å². The Morgan fingerprint density at radius 3 is 2.07 bits per heavy atom. The van der Waals surface area contributed by atoms with Crippen molar-refractivity contribution in [3.05, 3.63) is 30.8 Å². The van der Waals surface area contributed by atoms with Crippen LogP contribution in [0.15, 0.2) is 25.3 Å². The molecule has 25 heteroatoms. The molecule has 23 nitrogen and oxygen atoms in total. The predicted molar refractivity (Wildman–Crippen MR) is 142 cm³/mol. The summed E-state index contributed by atoms with van der Waals surface area (Å²) >= 11 is 0. The maximum absolute atomic E-state index is 12.5. The number of nitrogens with one attached hydrogen (secondary N) is 2. The van der Waals surface area contributed by atoms with E-state index in [1.807, 2.05) is 0 Å². The molecule has 2 unspecified atom stereocenters. The second kappa shape index (κ2) is 11.8. The average molecular weight is 676 g/mol. The topological polar surface area (TPSA) is 342 Å². The number of H-pyrrole nitrogens is 1. The first kappa shape index (κ1) is 31.7. The molecule has 6 heterocycles. The SMILES string of the molecule is N=c1c2[nH]cnc2ncn1[C@@H]1O[C@H](COP(=O)(O)OP(=O)(O)OC[C@@H]2O[C@H](n3cnc4c(N)ncnc43)[C@@H](O)[C@H]2O)[C@@H](O)[C@H]1O. The molecule has 0 bridgehead atoms. The predicted octanol–water partition coefficient (Wildman–Crippen LogP) is -2.85. The van der Waals surface area contributed by atoms with E-state index in [1.54, 1.807) is 0 Å². The smallest absolute Gasteiger partial charge is 0.387 e. The number of rotatable bonds is 10. The third-order valence-corrected chi connectivity index (χ3v) is 9.64. The molecule has 0 spiro atoms. The first-order chi connectivity index (χ1) is 21.3. The maximum Gasteiger partial charge on any atom is 0.481 e. The molecule has 2 saturated heterocycles. The summed E-state index contributed by atoms with van der Waals surface area (Å²) in [5, 5.41) is 50.1. The van der Waals surface area contributed by atoms with E-state index in [1.165, 1.54) is 17.2 Å². The summed E-state index contributed by atoms with van der Waals surface area (Å²) in [5.41, 5.74) is 6.35. The second-order valence-electron chi connectivity index (χ2n) is 9.89. The summed E-state index contributed by atoms with van der Waals surface area (Å²) in [6.07, 6.45) is -7.28. The molecule has 0 amide bonds. The van der Waals surface area contributed by atoms with Gasteiger partial charge in [-0.2, -0.15) is 4.31 Å². The monoisotopic (exact) mass is 676 g/mol. The molecule has 0 radical (unpaired) electrons. The van der Waals surface area contributed by atoms with Crippen LogP contribution in [0.5, 0.6) is 0 Å². The van der Waals surface area contributed by atoms with E-state index in [9.17, 15) is 39.3 Å². The van der Waals surface area contributed by atoms with Gasteiger partial charge in [0, 0.05) is 0 Å². The minimum atomic E-state index is -5.38. The molecular weight excluding hydrogens is 650 g/mol. The number of nitrogens with two attached hydrogens (primary N) is 1. The van der Waals surface area contributed by atoms with E-state index in [0.717, 1.165) is 17.2 Å². The van der Waals surface area contributed by atoms with Gasteiger partial charge in [0.1, 0.15) is 60.3 Å². The Kier molecular flexibility index (Phi) is 8.33. The Morgan fingerprint density at radius 2 is 1.44 bits per heavy atom. The zero-order chi connectivity index (χ0) is 32.3. The number of aromatic nitrogens is 8. The number of aromatic amines is 1. The van der Waals surface area contributed by atoms with Gasteiger partial charge in [0.2, 0.25) is 0 Å². The van der Waals surface area contributed by atoms with Crippen LogP contribution >= 0.6 is 15.6 Å². The first-order valence-corrected chi connectivity index (χ1v) is 15.8. The van der Waals surface area contributed by atoms with Gasteiger partial charge < -0.3 is 50.4 Å². The fourth-order valence-electron chi connectivity index (χ4n) is 4.82. The van der Waals surface area contributed by atoms with Gasteiger partial charge in [-0.25, -0.2) is 34.0 Å². The fraction of sp³-hybridized carbons (Fsp3) is 0.500. The van der Waals surface area contributed by atoms with Crippen LogP contribution in [-0.2, 0) is 32.0 Å². The van der Waals surface area contributed by atoms with Gasteiger partial charge in [0.05, 0.1) is 25.9 Å². The number of hydrogen-bond acceptors (Lipinski definition) is 18. The number of nitrogen functional groups attached to an aromatic ring is 1. The molecule has 244 valence electrons. The van der Waals surface area contributed by atoms with Crippen LogP contribution in [0.3, 0.4) is 0 Å². The lowest BCUT2D eigenvalue weighted by Gasteiger charge is -2.20. The largest absolute Gasteiger partial charge is 0.481 e. The highest BCUT2D eigenvalue weighted by atomic mass is 31.3. The highest BCUT2D eigenvalue weighted by Crippen LogP contribution is 2.60. The summed E-state index contributed by atoms with van der Waals surface area (Å²) in [5.74, 6) is 0.0519. The van der Waals surface area contributed by atoms with Gasteiger partial charge in [-0.3, -0.25) is 23.6 Å². The number of hydrogen-bond donors (Lipinski definition) is 9. The molecule has 0 saturated carbocycles. The van der Waals surface area contributed by atoms with Crippen molar-refractivity contribution in [2.75, 3.05) is 18.9 Å². The maximum atomic E-state index is 12.5. The Bertz CT molecular complexity index is 1870. The minimum absolute atomic E-state index is 0.0519. The zero-order valence-corrected chi connectivity index (χ0v) is 24.3. The van der Waals surface area contributed by atoms with Gasteiger partial charge >= 0.3 is 15.6 Å². The van der Waals surface area contributed by atoms with Crippen LogP contribution in [0, 0.1) is 5.41 Å². The first-order valence-electron chi connectivity index (χ1n) is 12.8. The van der Waals surface area contributed by atoms with E-state index in [-0.39, 0.29) is 33.6 Å². The molecule has 0 aromatic carbocycles. The molecule has 4 aromatic rings. The molecule has 4 aromatic heterocycles. The van der Waals surface area contributed by atoms with Crippen molar-refractivity contribution in [3.63, 3.8) is 0 Å². The number of anilines is 1. The minimum Gasteiger partial charge on any atom is -0.387 e. The molecular formula is C20H26N10O13P2. The molecule has 10 atom stereocenters. The molecule has 0 aliphatic carbocycles. The van der Waals surface area contributed by atoms with Crippen molar-refractivity contribution < 1.29 is 62.2 Å². The van der Waals surface area contributed by atoms with Crippen LogP contribution in [0.25, 0.3) is 22.3 Å². The van der Waals surface area contributed by atoms with Crippen molar-refractivity contribution in [2.24, 2.45) is 0 Å². The third kappa shape index (κ3) is 6.02. The number of nitrogens with zero attached hydrogens (tertiary/aromatic N) is 7. The average Bonchev–Trinajstić information content (AvgIpc) is 3.75. The number of imidazole rings is 2. The lowest BCUT2D eigenvalue weighted by atomic mass is 10.1. The van der Waals surface area contributed by atoms with E-state index in [4.69, 9.17) is 29.7 Å². The molecule has 2 aliphatic rings. The van der Waals surface area contributed by atoms with Crippen molar-refractivity contribution in [3.8, 4) is 0 Å². The van der Waals surface area contributed by atoms with Gasteiger partial charge in [0.15, 0.2) is 35.1 Å².